The second-order valence-electron chi connectivity index (χ2n) is 4.15. The van der Waals surface area contributed by atoms with Gasteiger partial charge in [0.15, 0.2) is 0 Å². The average molecular weight is 248 g/mol. The van der Waals surface area contributed by atoms with Crippen LogP contribution in [0.4, 0.5) is 0 Å². The summed E-state index contributed by atoms with van der Waals surface area (Å²) in [5.74, 6) is 2.83. The molecule has 0 aromatic rings. The summed E-state index contributed by atoms with van der Waals surface area (Å²) in [4.78, 5) is 0. The van der Waals surface area contributed by atoms with Crippen LogP contribution in [0.2, 0.25) is 0 Å². The summed E-state index contributed by atoms with van der Waals surface area (Å²) in [6.07, 6.45) is 4.00. The second kappa shape index (κ2) is 36.4. The first-order valence-corrected chi connectivity index (χ1v) is 5.31. The SMILES string of the molecule is C[C-](C)C.C[C-](C)C.C[CH-]C.C[CH-]C.[Ti+4]. The van der Waals surface area contributed by atoms with Gasteiger partial charge in [-0.25, -0.2) is 0 Å². The van der Waals surface area contributed by atoms with E-state index in [4.69, 9.17) is 0 Å². The van der Waals surface area contributed by atoms with Crippen LogP contribution in [0.3, 0.4) is 0 Å². The van der Waals surface area contributed by atoms with Crippen LogP contribution >= 0.6 is 0 Å². The van der Waals surface area contributed by atoms with E-state index in [9.17, 15) is 0 Å². The van der Waals surface area contributed by atoms with Crippen molar-refractivity contribution in [2.75, 3.05) is 0 Å². The van der Waals surface area contributed by atoms with Gasteiger partial charge in [0.05, 0.1) is 0 Å². The molecule has 0 rings (SSSR count). The molecular weight excluding hydrogens is 216 g/mol. The zero-order chi connectivity index (χ0) is 12.6. The van der Waals surface area contributed by atoms with Crippen molar-refractivity contribution in [3.05, 3.63) is 24.7 Å². The van der Waals surface area contributed by atoms with Crippen molar-refractivity contribution in [1.82, 2.24) is 0 Å². The van der Waals surface area contributed by atoms with Crippen molar-refractivity contribution >= 4 is 0 Å². The Hall–Kier alpha value is 0.714. The second-order valence-corrected chi connectivity index (χ2v) is 4.15. The molecule has 0 spiro atoms. The molecule has 0 atom stereocenters. The maximum absolute atomic E-state index is 2.08. The Morgan fingerprint density at radius 1 is 0.533 bits per heavy atom. The van der Waals surface area contributed by atoms with Gasteiger partial charge in [0.2, 0.25) is 0 Å². The van der Waals surface area contributed by atoms with E-state index < -0.39 is 0 Å². The molecule has 0 bridgehead atoms. The Kier molecular flexibility index (Phi) is 72.0. The van der Waals surface area contributed by atoms with Gasteiger partial charge in [-0.1, -0.05) is 0 Å². The largest absolute Gasteiger partial charge is 4.00 e. The van der Waals surface area contributed by atoms with Gasteiger partial charge in [0.25, 0.3) is 0 Å². The molecule has 0 N–H and O–H groups in total. The molecule has 0 heterocycles. The van der Waals surface area contributed by atoms with E-state index in [0.717, 1.165) is 0 Å². The van der Waals surface area contributed by atoms with Crippen LogP contribution in [-0.4, -0.2) is 0 Å². The van der Waals surface area contributed by atoms with Crippen molar-refractivity contribution in [2.45, 2.75) is 69.2 Å². The predicted molar refractivity (Wildman–Crippen MR) is 71.8 cm³/mol. The molecule has 0 unspecified atom stereocenters. The van der Waals surface area contributed by atoms with E-state index in [-0.39, 0.29) is 21.7 Å². The summed E-state index contributed by atoms with van der Waals surface area (Å²) in [6.45, 7) is 20.5. The fraction of sp³-hybridized carbons (Fsp3) is 0.714. The minimum absolute atomic E-state index is 0. The zero-order valence-corrected chi connectivity index (χ0v) is 14.2. The molecule has 0 aliphatic carbocycles. The quantitative estimate of drug-likeness (QED) is 0.381. The molecule has 0 aliphatic rings. The molecule has 0 saturated carbocycles. The molecule has 0 aromatic heterocycles. The van der Waals surface area contributed by atoms with Gasteiger partial charge >= 0.3 is 21.7 Å². The minimum Gasteiger partial charge on any atom is -0.335 e. The topological polar surface area (TPSA) is 0 Å². The summed E-state index contributed by atoms with van der Waals surface area (Å²) in [7, 11) is 0. The first kappa shape index (κ1) is 29.6. The molecule has 0 aromatic carbocycles. The normalized spacial score (nSPS) is 7.20. The van der Waals surface area contributed by atoms with Gasteiger partial charge in [0.1, 0.15) is 0 Å². The van der Waals surface area contributed by atoms with Gasteiger partial charge in [-0.3, -0.25) is 0 Å². The van der Waals surface area contributed by atoms with Crippen LogP contribution in [0, 0.1) is 24.7 Å². The molecule has 0 fully saturated rings. The van der Waals surface area contributed by atoms with Crippen molar-refractivity contribution < 1.29 is 21.7 Å². The monoisotopic (exact) mass is 248 g/mol. The van der Waals surface area contributed by atoms with Gasteiger partial charge in [-0.05, 0) is 0 Å². The third kappa shape index (κ3) is 4660. The molecule has 0 aliphatic heterocycles. The van der Waals surface area contributed by atoms with E-state index in [1.54, 1.807) is 0 Å². The van der Waals surface area contributed by atoms with Gasteiger partial charge in [0, 0.05) is 0 Å². The van der Waals surface area contributed by atoms with E-state index in [1.165, 1.54) is 11.8 Å². The van der Waals surface area contributed by atoms with Crippen LogP contribution in [0.1, 0.15) is 69.2 Å². The van der Waals surface area contributed by atoms with Crippen molar-refractivity contribution in [1.29, 1.82) is 0 Å². The maximum atomic E-state index is 2.08. The standard InChI is InChI=1S/2C4H9.2C3H7.Ti/c2*1-4(2)3;2*1-3-2;/h2*1-3H3;2*3H,1-2H3;/q4*-1;+4. The van der Waals surface area contributed by atoms with E-state index in [0.29, 0.717) is 0 Å². The van der Waals surface area contributed by atoms with Crippen molar-refractivity contribution in [2.24, 2.45) is 0 Å². The van der Waals surface area contributed by atoms with Crippen molar-refractivity contribution in [3.63, 3.8) is 0 Å². The predicted octanol–water partition coefficient (Wildman–Crippen LogP) is 5.70. The fourth-order valence-corrected chi connectivity index (χ4v) is 0. The Labute approximate surface area is 116 Å². The van der Waals surface area contributed by atoms with E-state index in [2.05, 4.69) is 41.5 Å². The number of hydrogen-bond donors (Lipinski definition) is 0. The third-order valence-electron chi connectivity index (χ3n) is 0. The molecule has 0 amide bonds. The third-order valence-corrected chi connectivity index (χ3v) is 0. The summed E-state index contributed by atoms with van der Waals surface area (Å²) in [5.41, 5.74) is 0. The van der Waals surface area contributed by atoms with Gasteiger partial charge < -0.3 is 24.7 Å². The summed E-state index contributed by atoms with van der Waals surface area (Å²) in [5, 5.41) is 0. The molecule has 92 valence electrons. The van der Waals surface area contributed by atoms with Crippen LogP contribution in [-0.2, 0) is 21.7 Å². The van der Waals surface area contributed by atoms with E-state index >= 15 is 0 Å². The zero-order valence-electron chi connectivity index (χ0n) is 12.7. The molecule has 15 heavy (non-hydrogen) atoms. The number of hydrogen-bond acceptors (Lipinski definition) is 0. The summed E-state index contributed by atoms with van der Waals surface area (Å²) < 4.78 is 0. The van der Waals surface area contributed by atoms with Crippen LogP contribution in [0.25, 0.3) is 0 Å². The Morgan fingerprint density at radius 2 is 0.533 bits per heavy atom. The van der Waals surface area contributed by atoms with Crippen LogP contribution in [0.15, 0.2) is 0 Å². The maximum Gasteiger partial charge on any atom is 4.00 e. The van der Waals surface area contributed by atoms with Gasteiger partial charge in [-0.2, -0.15) is 69.2 Å². The molecular formula is C14H32Ti. The fourth-order valence-electron chi connectivity index (χ4n) is 0. The molecule has 0 radical (unpaired) electrons. The first-order valence-electron chi connectivity index (χ1n) is 5.31. The summed E-state index contributed by atoms with van der Waals surface area (Å²) >= 11 is 0. The minimum atomic E-state index is 0. The van der Waals surface area contributed by atoms with Crippen LogP contribution in [0.5, 0.6) is 0 Å². The van der Waals surface area contributed by atoms with Crippen LogP contribution < -0.4 is 0 Å². The van der Waals surface area contributed by atoms with Gasteiger partial charge in [-0.15, -0.1) is 0 Å². The average Bonchev–Trinajstić information content (AvgIpc) is 1.85. The Morgan fingerprint density at radius 3 is 0.533 bits per heavy atom. The first-order chi connectivity index (χ1) is 6.29. The smallest absolute Gasteiger partial charge is 0.335 e. The summed E-state index contributed by atoms with van der Waals surface area (Å²) in [6, 6.07) is 0. The molecule has 0 saturated heterocycles. The Bertz CT molecular complexity index is 35.8. The molecule has 1 heteroatoms. The number of rotatable bonds is 0. The molecule has 0 nitrogen and oxygen atoms in total. The van der Waals surface area contributed by atoms with Crippen molar-refractivity contribution in [3.8, 4) is 0 Å². The van der Waals surface area contributed by atoms with E-state index in [1.807, 2.05) is 40.5 Å². The Balaban J connectivity index is -0.0000000293.